The van der Waals surface area contributed by atoms with E-state index in [1.165, 1.54) is 16.3 Å². The van der Waals surface area contributed by atoms with Crippen molar-refractivity contribution in [3.63, 3.8) is 0 Å². The summed E-state index contributed by atoms with van der Waals surface area (Å²) in [6, 6.07) is 3.82. The molecule has 1 aliphatic rings. The zero-order valence-electron chi connectivity index (χ0n) is 17.2. The van der Waals surface area contributed by atoms with E-state index < -0.39 is 5.00 Å². The molecular formula is C21H24ClFN4O2S. The number of fused-ring (bicyclic) bond motifs is 1. The summed E-state index contributed by atoms with van der Waals surface area (Å²) in [6.07, 6.45) is 6.25. The van der Waals surface area contributed by atoms with Gasteiger partial charge in [0.1, 0.15) is 11.3 Å². The summed E-state index contributed by atoms with van der Waals surface area (Å²) in [5.41, 5.74) is 2.87. The van der Waals surface area contributed by atoms with Crippen LogP contribution in [0.25, 0.3) is 22.0 Å². The number of nitrogens with one attached hydrogen (secondary N) is 1. The minimum atomic E-state index is -1.13. The molecular weight excluding hydrogens is 427 g/mol. The van der Waals surface area contributed by atoms with Crippen molar-refractivity contribution in [2.75, 3.05) is 26.5 Å². The summed E-state index contributed by atoms with van der Waals surface area (Å²) < 4.78 is 21.7. The third-order valence-corrected chi connectivity index (χ3v) is 7.30. The molecule has 30 heavy (non-hydrogen) atoms. The zero-order chi connectivity index (χ0) is 21.5. The monoisotopic (exact) mass is 450 g/mol. The standard InChI is InChI=1S/C21H24ClFN4O2S/c1-26-11-15(14-10-24-25-19(14)20(26)28)13-8-17(22)16(18(9-13)29-2)12-27-6-4-21(23,30-3)5-7-27/h8-11H,4-7,12H2,1-3H3,(H,24,25). The first-order valence-electron chi connectivity index (χ1n) is 9.71. The fourth-order valence-electron chi connectivity index (χ4n) is 3.96. The number of halogens is 2. The number of hydrogen-bond donors (Lipinski definition) is 1. The van der Waals surface area contributed by atoms with E-state index >= 15 is 0 Å². The van der Waals surface area contributed by atoms with Crippen molar-refractivity contribution in [1.29, 1.82) is 0 Å². The molecule has 2 aromatic heterocycles. The minimum Gasteiger partial charge on any atom is -0.496 e. The molecule has 0 spiro atoms. The first-order valence-corrected chi connectivity index (χ1v) is 11.3. The van der Waals surface area contributed by atoms with Gasteiger partial charge in [-0.25, -0.2) is 4.39 Å². The lowest BCUT2D eigenvalue weighted by atomic mass is 10.0. The summed E-state index contributed by atoms with van der Waals surface area (Å²) in [5, 5.41) is 6.98. The molecule has 0 saturated carbocycles. The summed E-state index contributed by atoms with van der Waals surface area (Å²) in [5.74, 6) is 0.671. The molecule has 1 N–H and O–H groups in total. The highest BCUT2D eigenvalue weighted by Gasteiger charge is 2.34. The summed E-state index contributed by atoms with van der Waals surface area (Å²) in [7, 11) is 3.32. The highest BCUT2D eigenvalue weighted by molar-refractivity contribution is 7.99. The number of alkyl halides is 1. The molecule has 3 heterocycles. The Balaban J connectivity index is 1.68. The van der Waals surface area contributed by atoms with Crippen LogP contribution < -0.4 is 10.3 Å². The van der Waals surface area contributed by atoms with Gasteiger partial charge >= 0.3 is 0 Å². The Morgan fingerprint density at radius 2 is 2.10 bits per heavy atom. The zero-order valence-corrected chi connectivity index (χ0v) is 18.7. The first-order chi connectivity index (χ1) is 14.3. The molecule has 0 radical (unpaired) electrons. The number of aromatic amines is 1. The number of rotatable bonds is 5. The second-order valence-corrected chi connectivity index (χ2v) is 9.17. The van der Waals surface area contributed by atoms with E-state index in [0.29, 0.717) is 48.8 Å². The Morgan fingerprint density at radius 3 is 2.77 bits per heavy atom. The maximum absolute atomic E-state index is 14.5. The van der Waals surface area contributed by atoms with Gasteiger partial charge in [0, 0.05) is 67.3 Å². The van der Waals surface area contributed by atoms with Gasteiger partial charge in [-0.05, 0) is 24.0 Å². The summed E-state index contributed by atoms with van der Waals surface area (Å²) in [4.78, 5) is 14.5. The van der Waals surface area contributed by atoms with Crippen LogP contribution in [0.15, 0.2) is 29.3 Å². The van der Waals surface area contributed by atoms with Crippen LogP contribution in [0.4, 0.5) is 4.39 Å². The average Bonchev–Trinajstić information content (AvgIpc) is 3.24. The second-order valence-electron chi connectivity index (χ2n) is 7.62. The number of likely N-dealkylation sites (tertiary alicyclic amines) is 1. The number of hydrogen-bond acceptors (Lipinski definition) is 5. The first kappa shape index (κ1) is 21.2. The van der Waals surface area contributed by atoms with Crippen molar-refractivity contribution in [2.24, 2.45) is 7.05 Å². The van der Waals surface area contributed by atoms with Crippen LogP contribution in [-0.4, -0.2) is 51.1 Å². The van der Waals surface area contributed by atoms with Crippen molar-refractivity contribution < 1.29 is 9.13 Å². The molecule has 0 aliphatic carbocycles. The molecule has 9 heteroatoms. The van der Waals surface area contributed by atoms with E-state index in [2.05, 4.69) is 15.1 Å². The number of aromatic nitrogens is 3. The van der Waals surface area contributed by atoms with Crippen LogP contribution in [0.3, 0.4) is 0 Å². The molecule has 1 aliphatic heterocycles. The number of methoxy groups -OCH3 is 1. The molecule has 0 bridgehead atoms. The van der Waals surface area contributed by atoms with E-state index in [1.807, 2.05) is 18.4 Å². The Bertz CT molecular complexity index is 1140. The lowest BCUT2D eigenvalue weighted by Gasteiger charge is -2.35. The number of piperidine rings is 1. The van der Waals surface area contributed by atoms with Crippen molar-refractivity contribution in [3.05, 3.63) is 45.5 Å². The van der Waals surface area contributed by atoms with Gasteiger partial charge in [-0.1, -0.05) is 11.6 Å². The number of thioether (sulfide) groups is 1. The Kier molecular flexibility index (Phi) is 5.83. The fourth-order valence-corrected chi connectivity index (χ4v) is 4.82. The van der Waals surface area contributed by atoms with Crippen molar-refractivity contribution in [3.8, 4) is 16.9 Å². The number of aryl methyl sites for hydroxylation is 1. The number of H-pyrrole nitrogens is 1. The molecule has 3 aromatic rings. The molecule has 0 atom stereocenters. The van der Waals surface area contributed by atoms with Crippen LogP contribution in [0.1, 0.15) is 18.4 Å². The van der Waals surface area contributed by atoms with E-state index in [-0.39, 0.29) is 5.56 Å². The van der Waals surface area contributed by atoms with E-state index in [4.69, 9.17) is 16.3 Å². The third kappa shape index (κ3) is 3.84. The van der Waals surface area contributed by atoms with E-state index in [9.17, 15) is 9.18 Å². The third-order valence-electron chi connectivity index (χ3n) is 5.82. The largest absolute Gasteiger partial charge is 0.496 e. The van der Waals surface area contributed by atoms with Gasteiger partial charge in [-0.2, -0.15) is 5.10 Å². The highest BCUT2D eigenvalue weighted by atomic mass is 35.5. The molecule has 4 rings (SSSR count). The predicted molar refractivity (Wildman–Crippen MR) is 120 cm³/mol. The maximum Gasteiger partial charge on any atom is 0.276 e. The number of benzene rings is 1. The smallest absolute Gasteiger partial charge is 0.276 e. The number of nitrogens with zero attached hydrogens (tertiary/aromatic N) is 3. The van der Waals surface area contributed by atoms with E-state index in [0.717, 1.165) is 22.1 Å². The molecule has 0 amide bonds. The van der Waals surface area contributed by atoms with Gasteiger partial charge in [0.05, 0.1) is 13.3 Å². The number of ether oxygens (including phenoxy) is 1. The minimum absolute atomic E-state index is 0.139. The maximum atomic E-state index is 14.5. The topological polar surface area (TPSA) is 63.1 Å². The lowest BCUT2D eigenvalue weighted by Crippen LogP contribution is -2.39. The van der Waals surface area contributed by atoms with Gasteiger partial charge in [0.25, 0.3) is 5.56 Å². The SMILES string of the molecule is COc1cc(-c2cn(C)c(=O)c3[nH]ncc23)cc(Cl)c1CN1CCC(F)(SC)CC1. The highest BCUT2D eigenvalue weighted by Crippen LogP contribution is 2.39. The Hall–Kier alpha value is -2.03. The van der Waals surface area contributed by atoms with Crippen LogP contribution in [0.2, 0.25) is 5.02 Å². The predicted octanol–water partition coefficient (Wildman–Crippen LogP) is 4.22. The van der Waals surface area contributed by atoms with Crippen LogP contribution >= 0.6 is 23.4 Å². The Morgan fingerprint density at radius 1 is 1.37 bits per heavy atom. The number of pyridine rings is 1. The molecule has 1 aromatic carbocycles. The van der Waals surface area contributed by atoms with Gasteiger partial charge in [-0.3, -0.25) is 14.8 Å². The normalized spacial score (nSPS) is 16.8. The van der Waals surface area contributed by atoms with Gasteiger partial charge in [-0.15, -0.1) is 11.8 Å². The Labute approximate surface area is 183 Å². The summed E-state index contributed by atoms with van der Waals surface area (Å²) in [6.45, 7) is 1.95. The molecule has 0 unspecified atom stereocenters. The van der Waals surface area contributed by atoms with Gasteiger partial charge in [0.2, 0.25) is 0 Å². The van der Waals surface area contributed by atoms with E-state index in [1.54, 1.807) is 26.6 Å². The van der Waals surface area contributed by atoms with Crippen LogP contribution in [0.5, 0.6) is 5.75 Å². The lowest BCUT2D eigenvalue weighted by molar-refractivity contribution is 0.123. The molecule has 1 saturated heterocycles. The molecule has 160 valence electrons. The van der Waals surface area contributed by atoms with Gasteiger partial charge in [0.15, 0.2) is 5.00 Å². The molecule has 1 fully saturated rings. The van der Waals surface area contributed by atoms with Crippen molar-refractivity contribution >= 4 is 34.3 Å². The van der Waals surface area contributed by atoms with Crippen LogP contribution in [0, 0.1) is 0 Å². The van der Waals surface area contributed by atoms with Crippen LogP contribution in [-0.2, 0) is 13.6 Å². The fraction of sp³-hybridized carbons (Fsp3) is 0.429. The quantitative estimate of drug-likeness (QED) is 0.630. The summed E-state index contributed by atoms with van der Waals surface area (Å²) >= 11 is 7.98. The van der Waals surface area contributed by atoms with Gasteiger partial charge < -0.3 is 9.30 Å². The van der Waals surface area contributed by atoms with Crippen molar-refractivity contribution in [2.45, 2.75) is 24.4 Å². The molecule has 6 nitrogen and oxygen atoms in total. The second kappa shape index (κ2) is 8.24. The average molecular weight is 451 g/mol. The van der Waals surface area contributed by atoms with Crippen molar-refractivity contribution in [1.82, 2.24) is 19.7 Å².